The highest BCUT2D eigenvalue weighted by Gasteiger charge is 2.35. The number of amides is 2. The van der Waals surface area contributed by atoms with E-state index in [1.54, 1.807) is 31.2 Å². The molecule has 1 aliphatic carbocycles. The maximum absolute atomic E-state index is 14.4. The predicted molar refractivity (Wildman–Crippen MR) is 170 cm³/mol. The van der Waals surface area contributed by atoms with Crippen LogP contribution in [0, 0.1) is 6.92 Å². The zero-order chi connectivity index (χ0) is 31.0. The summed E-state index contributed by atoms with van der Waals surface area (Å²) < 4.78 is 35.2. The minimum atomic E-state index is -4.25. The van der Waals surface area contributed by atoms with Crippen LogP contribution in [0.15, 0.2) is 77.7 Å². The summed E-state index contributed by atoms with van der Waals surface area (Å²) in [6, 6.07) is 19.5. The maximum atomic E-state index is 14.4. The molecule has 0 aromatic heterocycles. The lowest BCUT2D eigenvalue weighted by Gasteiger charge is -2.34. The van der Waals surface area contributed by atoms with Gasteiger partial charge < -0.3 is 15.0 Å². The Bertz CT molecular complexity index is 1510. The Balaban J connectivity index is 1.76. The first-order valence-electron chi connectivity index (χ1n) is 14.8. The molecule has 230 valence electrons. The van der Waals surface area contributed by atoms with Crippen LogP contribution >= 0.6 is 11.6 Å². The quantitative estimate of drug-likeness (QED) is 0.247. The second-order valence-corrected chi connectivity index (χ2v) is 13.0. The third kappa shape index (κ3) is 7.89. The molecule has 0 bridgehead atoms. The number of sulfonamides is 1. The highest BCUT2D eigenvalue weighted by molar-refractivity contribution is 7.92. The summed E-state index contributed by atoms with van der Waals surface area (Å²) in [4.78, 5) is 29.5. The van der Waals surface area contributed by atoms with Gasteiger partial charge >= 0.3 is 0 Å². The van der Waals surface area contributed by atoms with E-state index in [0.29, 0.717) is 23.8 Å². The fraction of sp³-hybridized carbons (Fsp3) is 0.394. The van der Waals surface area contributed by atoms with Gasteiger partial charge in [-0.25, -0.2) is 8.42 Å². The number of rotatable bonds is 13. The van der Waals surface area contributed by atoms with Gasteiger partial charge in [0.05, 0.1) is 17.2 Å². The largest absolute Gasteiger partial charge is 0.492 e. The summed E-state index contributed by atoms with van der Waals surface area (Å²) in [6.45, 7) is 5.55. The topological polar surface area (TPSA) is 96.0 Å². The van der Waals surface area contributed by atoms with E-state index in [-0.39, 0.29) is 29.1 Å². The van der Waals surface area contributed by atoms with Crippen molar-refractivity contribution in [1.29, 1.82) is 0 Å². The van der Waals surface area contributed by atoms with Crippen LogP contribution < -0.4 is 14.4 Å². The van der Waals surface area contributed by atoms with Crippen molar-refractivity contribution in [3.8, 4) is 5.75 Å². The maximum Gasteiger partial charge on any atom is 0.264 e. The van der Waals surface area contributed by atoms with Gasteiger partial charge in [0.15, 0.2) is 0 Å². The first kappa shape index (κ1) is 32.4. The number of nitrogens with one attached hydrogen (secondary N) is 1. The zero-order valence-corrected chi connectivity index (χ0v) is 26.5. The molecule has 10 heteroatoms. The van der Waals surface area contributed by atoms with Gasteiger partial charge in [-0.1, -0.05) is 67.8 Å². The molecule has 43 heavy (non-hydrogen) atoms. The smallest absolute Gasteiger partial charge is 0.264 e. The number of hydrogen-bond donors (Lipinski definition) is 1. The molecule has 1 unspecified atom stereocenters. The number of para-hydroxylation sites is 2. The molecule has 1 N–H and O–H groups in total. The van der Waals surface area contributed by atoms with Crippen molar-refractivity contribution in [3.05, 3.63) is 88.9 Å². The van der Waals surface area contributed by atoms with Crippen molar-refractivity contribution in [2.45, 2.75) is 76.4 Å². The lowest BCUT2D eigenvalue weighted by atomic mass is 10.1. The van der Waals surface area contributed by atoms with Crippen LogP contribution in [0.25, 0.3) is 0 Å². The standard InChI is InChI=1S/C33H40ClN3O5S/c1-4-29(33(39)35-27-14-8-9-15-27)36(22-25-13-7-6-12-24(25)3)32(38)23-37(30-16-10-11-17-31(30)42-5-2)43(40,41)28-20-18-26(34)19-21-28/h6-7,10-13,16-21,27,29H,4-5,8-9,14-15,22-23H2,1-3H3,(H,35,39). The first-order chi connectivity index (χ1) is 20.6. The molecule has 1 aliphatic rings. The van der Waals surface area contributed by atoms with Gasteiger partial charge in [0.25, 0.3) is 10.0 Å². The zero-order valence-electron chi connectivity index (χ0n) is 25.0. The molecule has 0 aliphatic heterocycles. The van der Waals surface area contributed by atoms with E-state index in [2.05, 4.69) is 5.32 Å². The van der Waals surface area contributed by atoms with Gasteiger partial charge in [-0.2, -0.15) is 0 Å². The highest BCUT2D eigenvalue weighted by Crippen LogP contribution is 2.33. The van der Waals surface area contributed by atoms with Crippen molar-refractivity contribution < 1.29 is 22.7 Å². The summed E-state index contributed by atoms with van der Waals surface area (Å²) in [6.07, 6.45) is 4.31. The monoisotopic (exact) mass is 625 g/mol. The van der Waals surface area contributed by atoms with Gasteiger partial charge in [-0.15, -0.1) is 0 Å². The number of ether oxygens (including phenoxy) is 1. The SMILES string of the molecule is CCOc1ccccc1N(CC(=O)N(Cc1ccccc1C)C(CC)C(=O)NC1CCCC1)S(=O)(=O)c1ccc(Cl)cc1. The molecule has 4 rings (SSSR count). The van der Waals surface area contributed by atoms with Crippen molar-refractivity contribution >= 4 is 39.1 Å². The molecule has 2 amide bonds. The van der Waals surface area contributed by atoms with E-state index in [1.165, 1.54) is 29.2 Å². The molecule has 0 heterocycles. The summed E-state index contributed by atoms with van der Waals surface area (Å²) in [5.41, 5.74) is 2.08. The van der Waals surface area contributed by atoms with Crippen LogP contribution in [-0.2, 0) is 26.2 Å². The van der Waals surface area contributed by atoms with Crippen LogP contribution in [-0.4, -0.2) is 50.4 Å². The lowest BCUT2D eigenvalue weighted by Crippen LogP contribution is -2.53. The molecule has 0 spiro atoms. The predicted octanol–water partition coefficient (Wildman–Crippen LogP) is 6.11. The molecule has 1 fully saturated rings. The van der Waals surface area contributed by atoms with Crippen LogP contribution in [0.4, 0.5) is 5.69 Å². The molecule has 1 atom stereocenters. The summed E-state index contributed by atoms with van der Waals surface area (Å²) in [7, 11) is -4.25. The average Bonchev–Trinajstić information content (AvgIpc) is 3.50. The number of aryl methyl sites for hydroxylation is 1. The second-order valence-electron chi connectivity index (χ2n) is 10.7. The molecule has 0 saturated heterocycles. The number of anilines is 1. The van der Waals surface area contributed by atoms with Crippen LogP contribution in [0.2, 0.25) is 5.02 Å². The number of nitrogens with zero attached hydrogens (tertiary/aromatic N) is 2. The number of carbonyl (C=O) groups excluding carboxylic acids is 2. The second kappa shape index (κ2) is 14.8. The Morgan fingerprint density at radius 2 is 1.63 bits per heavy atom. The van der Waals surface area contributed by atoms with Crippen LogP contribution in [0.3, 0.4) is 0 Å². The molecule has 3 aromatic carbocycles. The Morgan fingerprint density at radius 1 is 0.977 bits per heavy atom. The van der Waals surface area contributed by atoms with E-state index in [0.717, 1.165) is 41.1 Å². The molecule has 3 aromatic rings. The molecular weight excluding hydrogens is 586 g/mol. The van der Waals surface area contributed by atoms with E-state index < -0.39 is 28.5 Å². The van der Waals surface area contributed by atoms with Crippen molar-refractivity contribution in [3.63, 3.8) is 0 Å². The van der Waals surface area contributed by atoms with Gasteiger partial charge in [0.2, 0.25) is 11.8 Å². The lowest BCUT2D eigenvalue weighted by molar-refractivity contribution is -0.140. The first-order valence-corrected chi connectivity index (χ1v) is 16.6. The van der Waals surface area contributed by atoms with Gasteiger partial charge in [0.1, 0.15) is 18.3 Å². The summed E-state index contributed by atoms with van der Waals surface area (Å²) in [5.74, 6) is -0.398. The number of hydrogen-bond acceptors (Lipinski definition) is 5. The Kier molecular flexibility index (Phi) is 11.1. The van der Waals surface area contributed by atoms with Crippen molar-refractivity contribution in [1.82, 2.24) is 10.2 Å². The van der Waals surface area contributed by atoms with E-state index >= 15 is 0 Å². The average molecular weight is 626 g/mol. The Morgan fingerprint density at radius 3 is 2.28 bits per heavy atom. The van der Waals surface area contributed by atoms with E-state index in [9.17, 15) is 18.0 Å². The van der Waals surface area contributed by atoms with Gasteiger partial charge in [-0.05, 0) is 80.6 Å². The normalized spacial score (nSPS) is 14.2. The van der Waals surface area contributed by atoms with Gasteiger partial charge in [-0.3, -0.25) is 13.9 Å². The summed E-state index contributed by atoms with van der Waals surface area (Å²) in [5, 5.41) is 3.53. The van der Waals surface area contributed by atoms with E-state index in [1.807, 2.05) is 38.1 Å². The van der Waals surface area contributed by atoms with Crippen LogP contribution in [0.1, 0.15) is 57.1 Å². The Labute approximate surface area is 260 Å². The molecule has 8 nitrogen and oxygen atoms in total. The molecule has 1 saturated carbocycles. The minimum absolute atomic E-state index is 0.0209. The fourth-order valence-corrected chi connectivity index (χ4v) is 7.00. The molecule has 0 radical (unpaired) electrons. The number of carbonyl (C=O) groups is 2. The summed E-state index contributed by atoms with van der Waals surface area (Å²) >= 11 is 6.05. The third-order valence-corrected chi connectivity index (χ3v) is 9.83. The Hall–Kier alpha value is -3.56. The number of halogens is 1. The van der Waals surface area contributed by atoms with E-state index in [4.69, 9.17) is 16.3 Å². The van der Waals surface area contributed by atoms with Crippen molar-refractivity contribution in [2.75, 3.05) is 17.5 Å². The third-order valence-electron chi connectivity index (χ3n) is 7.80. The highest BCUT2D eigenvalue weighted by atomic mass is 35.5. The number of benzene rings is 3. The van der Waals surface area contributed by atoms with Gasteiger partial charge in [0, 0.05) is 17.6 Å². The molecular formula is C33H40ClN3O5S. The minimum Gasteiger partial charge on any atom is -0.492 e. The fourth-order valence-electron chi connectivity index (χ4n) is 5.45. The van der Waals surface area contributed by atoms with Crippen LogP contribution in [0.5, 0.6) is 5.75 Å². The van der Waals surface area contributed by atoms with Crippen molar-refractivity contribution in [2.24, 2.45) is 0 Å².